The molecule has 20 heavy (non-hydrogen) atoms. The highest BCUT2D eigenvalue weighted by molar-refractivity contribution is 5.79. The molecule has 1 heterocycles. The third-order valence-corrected chi connectivity index (χ3v) is 5.04. The number of halogens is 1. The largest absolute Gasteiger partial charge is 0.369 e. The molecule has 0 bridgehead atoms. The molecular weight excluding hydrogens is 253 g/mol. The Bertz CT molecular complexity index is 647. The minimum absolute atomic E-state index is 0.215. The van der Waals surface area contributed by atoms with E-state index in [-0.39, 0.29) is 5.82 Å². The van der Waals surface area contributed by atoms with Gasteiger partial charge in [0.2, 0.25) is 5.95 Å². The minimum atomic E-state index is -0.215. The predicted octanol–water partition coefficient (Wildman–Crippen LogP) is 4.06. The monoisotopic (exact) mass is 275 g/mol. The fourth-order valence-electron chi connectivity index (χ4n) is 3.75. The van der Waals surface area contributed by atoms with Gasteiger partial charge >= 0.3 is 0 Å². The number of imidazole rings is 1. The molecule has 1 fully saturated rings. The SMILES string of the molecule is CCC1CCC(n2c(N)nc3cc(F)c(C)cc32)C1C. The Labute approximate surface area is 119 Å². The number of aromatic nitrogens is 2. The standard InChI is InChI=1S/C16H22FN3/c1-4-11-5-6-14(10(11)3)20-15-7-9(2)12(17)8-13(15)19-16(20)18/h7-8,10-11,14H,4-6H2,1-3H3,(H2,18,19). The highest BCUT2D eigenvalue weighted by Gasteiger charge is 2.34. The Balaban J connectivity index is 2.12. The Morgan fingerprint density at radius 1 is 1.40 bits per heavy atom. The maximum atomic E-state index is 13.7. The van der Waals surface area contributed by atoms with Crippen LogP contribution >= 0.6 is 0 Å². The lowest BCUT2D eigenvalue weighted by atomic mass is 9.93. The van der Waals surface area contributed by atoms with Crippen LogP contribution in [0.3, 0.4) is 0 Å². The van der Waals surface area contributed by atoms with Crippen LogP contribution in [0, 0.1) is 24.6 Å². The quantitative estimate of drug-likeness (QED) is 0.898. The van der Waals surface area contributed by atoms with E-state index in [1.807, 2.05) is 6.07 Å². The van der Waals surface area contributed by atoms with Crippen LogP contribution in [0.4, 0.5) is 10.3 Å². The molecular formula is C16H22FN3. The molecule has 1 aliphatic rings. The van der Waals surface area contributed by atoms with Gasteiger partial charge in [-0.3, -0.25) is 0 Å². The van der Waals surface area contributed by atoms with Gasteiger partial charge < -0.3 is 10.3 Å². The molecule has 0 saturated heterocycles. The van der Waals surface area contributed by atoms with Gasteiger partial charge in [0.15, 0.2) is 0 Å². The second-order valence-electron chi connectivity index (χ2n) is 6.10. The van der Waals surface area contributed by atoms with Gasteiger partial charge in [-0.25, -0.2) is 9.37 Å². The smallest absolute Gasteiger partial charge is 0.201 e. The first-order valence-corrected chi connectivity index (χ1v) is 7.46. The zero-order chi connectivity index (χ0) is 14.4. The second kappa shape index (κ2) is 4.76. The first-order chi connectivity index (χ1) is 9.52. The summed E-state index contributed by atoms with van der Waals surface area (Å²) < 4.78 is 15.8. The van der Waals surface area contributed by atoms with Gasteiger partial charge in [0, 0.05) is 12.1 Å². The minimum Gasteiger partial charge on any atom is -0.369 e. The van der Waals surface area contributed by atoms with Gasteiger partial charge in [-0.15, -0.1) is 0 Å². The fourth-order valence-corrected chi connectivity index (χ4v) is 3.75. The van der Waals surface area contributed by atoms with Crippen LogP contribution in [-0.4, -0.2) is 9.55 Å². The van der Waals surface area contributed by atoms with Crippen LogP contribution < -0.4 is 5.73 Å². The van der Waals surface area contributed by atoms with Gasteiger partial charge in [0.05, 0.1) is 11.0 Å². The van der Waals surface area contributed by atoms with Crippen molar-refractivity contribution in [2.24, 2.45) is 11.8 Å². The first-order valence-electron chi connectivity index (χ1n) is 7.46. The Morgan fingerprint density at radius 2 is 2.15 bits per heavy atom. The van der Waals surface area contributed by atoms with Crippen LogP contribution in [0.25, 0.3) is 11.0 Å². The number of nitrogens with two attached hydrogens (primary N) is 1. The van der Waals surface area contributed by atoms with Crippen molar-refractivity contribution in [2.45, 2.75) is 46.1 Å². The number of fused-ring (bicyclic) bond motifs is 1. The third kappa shape index (κ3) is 1.89. The Hall–Kier alpha value is -1.58. The number of nitrogens with zero attached hydrogens (tertiary/aromatic N) is 2. The molecule has 0 aliphatic heterocycles. The molecule has 3 unspecified atom stereocenters. The van der Waals surface area contributed by atoms with Gasteiger partial charge in [0.1, 0.15) is 5.82 Å². The van der Waals surface area contributed by atoms with E-state index in [2.05, 4.69) is 23.4 Å². The zero-order valence-corrected chi connectivity index (χ0v) is 12.4. The van der Waals surface area contributed by atoms with Crippen LogP contribution in [-0.2, 0) is 0 Å². The maximum absolute atomic E-state index is 13.7. The highest BCUT2D eigenvalue weighted by Crippen LogP contribution is 2.44. The summed E-state index contributed by atoms with van der Waals surface area (Å²) in [6.45, 7) is 6.33. The van der Waals surface area contributed by atoms with E-state index < -0.39 is 0 Å². The Morgan fingerprint density at radius 3 is 2.80 bits per heavy atom. The normalized spacial score (nSPS) is 26.5. The van der Waals surface area contributed by atoms with Gasteiger partial charge in [-0.05, 0) is 43.2 Å². The summed E-state index contributed by atoms with van der Waals surface area (Å²) in [4.78, 5) is 4.35. The number of benzene rings is 1. The van der Waals surface area contributed by atoms with Crippen molar-refractivity contribution in [3.8, 4) is 0 Å². The summed E-state index contributed by atoms with van der Waals surface area (Å²) in [5.74, 6) is 1.63. The average molecular weight is 275 g/mol. The lowest BCUT2D eigenvalue weighted by Crippen LogP contribution is -2.17. The molecule has 108 valence electrons. The van der Waals surface area contributed by atoms with E-state index >= 15 is 0 Å². The number of rotatable bonds is 2. The topological polar surface area (TPSA) is 43.8 Å². The molecule has 0 amide bonds. The summed E-state index contributed by atoms with van der Waals surface area (Å²) in [6, 6.07) is 3.75. The zero-order valence-electron chi connectivity index (χ0n) is 12.4. The van der Waals surface area contributed by atoms with E-state index in [9.17, 15) is 4.39 Å². The number of hydrogen-bond acceptors (Lipinski definition) is 2. The molecule has 3 rings (SSSR count). The number of nitrogen functional groups attached to an aromatic ring is 1. The average Bonchev–Trinajstić information content (AvgIpc) is 2.90. The molecule has 4 heteroatoms. The molecule has 0 radical (unpaired) electrons. The van der Waals surface area contributed by atoms with Crippen molar-refractivity contribution >= 4 is 17.0 Å². The van der Waals surface area contributed by atoms with E-state index in [0.29, 0.717) is 29.0 Å². The summed E-state index contributed by atoms with van der Waals surface area (Å²) >= 11 is 0. The number of aryl methyl sites for hydroxylation is 1. The molecule has 0 spiro atoms. The van der Waals surface area contributed by atoms with Gasteiger partial charge in [-0.2, -0.15) is 0 Å². The lowest BCUT2D eigenvalue weighted by Gasteiger charge is -2.22. The highest BCUT2D eigenvalue weighted by atomic mass is 19.1. The molecule has 1 aromatic heterocycles. The molecule has 1 saturated carbocycles. The molecule has 1 aromatic carbocycles. The molecule has 3 nitrogen and oxygen atoms in total. The Kier molecular flexibility index (Phi) is 3.19. The molecule has 2 N–H and O–H groups in total. The van der Waals surface area contributed by atoms with Gasteiger partial charge in [-0.1, -0.05) is 20.3 Å². The molecule has 1 aliphatic carbocycles. The third-order valence-electron chi connectivity index (χ3n) is 5.04. The van der Waals surface area contributed by atoms with Gasteiger partial charge in [0.25, 0.3) is 0 Å². The maximum Gasteiger partial charge on any atom is 0.201 e. The van der Waals surface area contributed by atoms with Crippen molar-refractivity contribution in [1.82, 2.24) is 9.55 Å². The summed E-state index contributed by atoms with van der Waals surface area (Å²) in [5.41, 5.74) is 8.39. The van der Waals surface area contributed by atoms with Crippen molar-refractivity contribution in [3.05, 3.63) is 23.5 Å². The van der Waals surface area contributed by atoms with E-state index in [1.165, 1.54) is 18.9 Å². The summed E-state index contributed by atoms with van der Waals surface area (Å²) in [5, 5.41) is 0. The predicted molar refractivity (Wildman–Crippen MR) is 80.1 cm³/mol. The van der Waals surface area contributed by atoms with Crippen molar-refractivity contribution in [3.63, 3.8) is 0 Å². The van der Waals surface area contributed by atoms with E-state index in [1.54, 1.807) is 6.92 Å². The van der Waals surface area contributed by atoms with Crippen molar-refractivity contribution < 1.29 is 4.39 Å². The summed E-state index contributed by atoms with van der Waals surface area (Å²) in [6.07, 6.45) is 3.57. The van der Waals surface area contributed by atoms with Crippen LogP contribution in [0.2, 0.25) is 0 Å². The second-order valence-corrected chi connectivity index (χ2v) is 6.10. The molecule has 3 atom stereocenters. The van der Waals surface area contributed by atoms with E-state index in [0.717, 1.165) is 17.9 Å². The van der Waals surface area contributed by atoms with Crippen molar-refractivity contribution in [1.29, 1.82) is 0 Å². The van der Waals surface area contributed by atoms with Crippen molar-refractivity contribution in [2.75, 3.05) is 5.73 Å². The number of anilines is 1. The first kappa shape index (κ1) is 13.4. The fraction of sp³-hybridized carbons (Fsp3) is 0.562. The number of hydrogen-bond donors (Lipinski definition) is 1. The molecule has 2 aromatic rings. The van der Waals surface area contributed by atoms with Crippen LogP contribution in [0.5, 0.6) is 0 Å². The lowest BCUT2D eigenvalue weighted by molar-refractivity contribution is 0.336. The van der Waals surface area contributed by atoms with E-state index in [4.69, 9.17) is 5.73 Å². The summed E-state index contributed by atoms with van der Waals surface area (Å²) in [7, 11) is 0. The van der Waals surface area contributed by atoms with Crippen LogP contribution in [0.15, 0.2) is 12.1 Å². The van der Waals surface area contributed by atoms with Crippen LogP contribution in [0.1, 0.15) is 44.7 Å².